The summed E-state index contributed by atoms with van der Waals surface area (Å²) < 4.78 is 1.91. The van der Waals surface area contributed by atoms with Gasteiger partial charge in [0, 0.05) is 51.6 Å². The lowest BCUT2D eigenvalue weighted by Crippen LogP contribution is -2.41. The molecule has 3 aromatic carbocycles. The summed E-state index contributed by atoms with van der Waals surface area (Å²) in [5, 5.41) is 18.2. The van der Waals surface area contributed by atoms with Gasteiger partial charge in [-0.05, 0) is 111 Å². The van der Waals surface area contributed by atoms with E-state index in [4.69, 9.17) is 11.6 Å². The van der Waals surface area contributed by atoms with Crippen molar-refractivity contribution in [3.8, 4) is 5.69 Å². The van der Waals surface area contributed by atoms with Crippen molar-refractivity contribution in [2.45, 2.75) is 56.7 Å². The molecule has 3 bridgehead atoms. The number of aliphatic hydroxyl groups is 1. The highest BCUT2D eigenvalue weighted by Crippen LogP contribution is 2.55. The minimum atomic E-state index is -0.563. The number of aromatic nitrogens is 1. The van der Waals surface area contributed by atoms with Gasteiger partial charge in [-0.1, -0.05) is 29.8 Å². The minimum Gasteiger partial charge on any atom is -0.390 e. The summed E-state index contributed by atoms with van der Waals surface area (Å²) in [4.78, 5) is 39.5. The number of fused-ring (bicyclic) bond motifs is 3. The van der Waals surface area contributed by atoms with Crippen LogP contribution in [-0.4, -0.2) is 33.1 Å². The van der Waals surface area contributed by atoms with Crippen LogP contribution in [0.5, 0.6) is 0 Å². The summed E-state index contributed by atoms with van der Waals surface area (Å²) in [6.45, 7) is 0.0445. The Bertz CT molecular complexity index is 1770. The maximum Gasteiger partial charge on any atom is 0.251 e. The van der Waals surface area contributed by atoms with Gasteiger partial charge in [0.15, 0.2) is 5.43 Å². The van der Waals surface area contributed by atoms with Crippen LogP contribution in [0.3, 0.4) is 0 Å². The average molecular weight is 596 g/mol. The summed E-state index contributed by atoms with van der Waals surface area (Å²) >= 11 is 6.25. The van der Waals surface area contributed by atoms with Crippen molar-refractivity contribution in [3.05, 3.63) is 111 Å². The molecule has 0 radical (unpaired) electrons. The summed E-state index contributed by atoms with van der Waals surface area (Å²) in [5.41, 5.74) is 2.17. The lowest BCUT2D eigenvalue weighted by atomic mass is 9.76. The number of hydrogen-bond acceptors (Lipinski definition) is 4. The highest BCUT2D eigenvalue weighted by Gasteiger charge is 2.52. The van der Waals surface area contributed by atoms with Crippen LogP contribution < -0.4 is 16.1 Å². The zero-order valence-electron chi connectivity index (χ0n) is 23.8. The van der Waals surface area contributed by atoms with Crippen molar-refractivity contribution in [1.29, 1.82) is 0 Å². The molecule has 0 saturated heterocycles. The molecule has 4 aromatic rings. The third-order valence-corrected chi connectivity index (χ3v) is 10.1. The third kappa shape index (κ3) is 5.36. The number of nitrogens with one attached hydrogen (secondary N) is 2. The van der Waals surface area contributed by atoms with Crippen LogP contribution in [0.1, 0.15) is 64.8 Å². The van der Waals surface area contributed by atoms with Gasteiger partial charge in [-0.25, -0.2) is 0 Å². The summed E-state index contributed by atoms with van der Waals surface area (Å²) in [7, 11) is 0. The van der Waals surface area contributed by atoms with E-state index in [-0.39, 0.29) is 29.8 Å². The molecule has 1 aromatic heterocycles. The zero-order valence-corrected chi connectivity index (χ0v) is 24.5. The fraction of sp³-hybridized carbons (Fsp3) is 0.343. The Labute approximate surface area is 254 Å². The van der Waals surface area contributed by atoms with Crippen molar-refractivity contribution in [2.24, 2.45) is 17.8 Å². The SMILES string of the molecule is O=C(NCc1cn(-c2ccccc2)c2cc(Cl)ccc2c1=O)c1ccc(C(=O)NC2CCC3(O)CC4CC(C3)C2C4)cc1. The van der Waals surface area contributed by atoms with E-state index in [0.717, 1.165) is 44.2 Å². The van der Waals surface area contributed by atoms with Crippen LogP contribution in [0, 0.1) is 17.8 Å². The molecular weight excluding hydrogens is 562 g/mol. The average Bonchev–Trinajstić information content (AvgIpc) is 3.28. The van der Waals surface area contributed by atoms with Crippen molar-refractivity contribution in [2.75, 3.05) is 0 Å². The first-order valence-electron chi connectivity index (χ1n) is 15.1. The molecule has 0 spiro atoms. The standard InChI is InChI=1S/C35H34ClN3O4/c36-26-10-11-28-31(16-26)39(27-4-2-1-3-5-27)20-25(32(28)40)19-37-33(41)22-6-8-23(9-7-22)34(42)38-30-12-13-35(43)17-21-14-24(18-35)29(30)15-21/h1-11,16,20-21,24,29-30,43H,12-15,17-19H2,(H,37,41)(H,38,42). The predicted molar refractivity (Wildman–Crippen MR) is 167 cm³/mol. The van der Waals surface area contributed by atoms with Gasteiger partial charge in [0.05, 0.1) is 11.1 Å². The fourth-order valence-electron chi connectivity index (χ4n) is 7.88. The van der Waals surface area contributed by atoms with E-state index in [1.165, 1.54) is 0 Å². The smallest absolute Gasteiger partial charge is 0.251 e. The maximum absolute atomic E-state index is 13.3. The first kappa shape index (κ1) is 27.9. The van der Waals surface area contributed by atoms with Gasteiger partial charge in [-0.2, -0.15) is 0 Å². The number of hydrogen-bond donors (Lipinski definition) is 3. The van der Waals surface area contributed by atoms with Crippen LogP contribution in [-0.2, 0) is 6.54 Å². The number of nitrogens with zero attached hydrogens (tertiary/aromatic N) is 1. The zero-order chi connectivity index (χ0) is 29.7. The van der Waals surface area contributed by atoms with E-state index in [1.807, 2.05) is 34.9 Å². The quantitative estimate of drug-likeness (QED) is 0.269. The number of amides is 2. The predicted octanol–water partition coefficient (Wildman–Crippen LogP) is 5.63. The first-order chi connectivity index (χ1) is 20.8. The lowest BCUT2D eigenvalue weighted by Gasteiger charge is -2.35. The number of carbonyl (C=O) groups is 2. The molecule has 1 heterocycles. The van der Waals surface area contributed by atoms with E-state index in [0.29, 0.717) is 50.4 Å². The number of halogens is 1. The van der Waals surface area contributed by atoms with E-state index >= 15 is 0 Å². The third-order valence-electron chi connectivity index (χ3n) is 9.84. The molecule has 220 valence electrons. The Hall–Kier alpha value is -3.94. The van der Waals surface area contributed by atoms with Crippen molar-refractivity contribution in [3.63, 3.8) is 0 Å². The van der Waals surface area contributed by atoms with Gasteiger partial charge in [-0.3, -0.25) is 14.4 Å². The van der Waals surface area contributed by atoms with E-state index in [1.54, 1.807) is 48.7 Å². The van der Waals surface area contributed by atoms with Crippen molar-refractivity contribution in [1.82, 2.24) is 15.2 Å². The largest absolute Gasteiger partial charge is 0.390 e. The summed E-state index contributed by atoms with van der Waals surface area (Å²) in [5.74, 6) is 0.997. The molecule has 7 nitrogen and oxygen atoms in total. The Morgan fingerprint density at radius 3 is 2.47 bits per heavy atom. The van der Waals surface area contributed by atoms with Gasteiger partial charge >= 0.3 is 0 Å². The Kier molecular flexibility index (Phi) is 7.10. The number of benzene rings is 3. The molecule has 3 aliphatic rings. The number of rotatable bonds is 6. The minimum absolute atomic E-state index is 0.0445. The maximum atomic E-state index is 13.3. The topological polar surface area (TPSA) is 100 Å². The molecule has 3 saturated carbocycles. The van der Waals surface area contributed by atoms with Crippen molar-refractivity contribution < 1.29 is 14.7 Å². The highest BCUT2D eigenvalue weighted by molar-refractivity contribution is 6.31. The Morgan fingerprint density at radius 2 is 1.70 bits per heavy atom. The van der Waals surface area contributed by atoms with Crippen LogP contribution in [0.4, 0.5) is 0 Å². The summed E-state index contributed by atoms with van der Waals surface area (Å²) in [6, 6.07) is 21.5. The molecule has 8 heteroatoms. The van der Waals surface area contributed by atoms with Crippen LogP contribution in [0.15, 0.2) is 83.8 Å². The summed E-state index contributed by atoms with van der Waals surface area (Å²) in [6.07, 6.45) is 7.29. The van der Waals surface area contributed by atoms with Crippen molar-refractivity contribution >= 4 is 34.3 Å². The highest BCUT2D eigenvalue weighted by atomic mass is 35.5. The van der Waals surface area contributed by atoms with Crippen LogP contribution in [0.25, 0.3) is 16.6 Å². The molecule has 5 atom stereocenters. The molecule has 0 aliphatic heterocycles. The second kappa shape index (κ2) is 11.0. The Balaban J connectivity index is 1.04. The number of pyridine rings is 1. The second-order valence-electron chi connectivity index (χ2n) is 12.6. The molecule has 2 amide bonds. The van der Waals surface area contributed by atoms with Gasteiger partial charge in [0.25, 0.3) is 11.8 Å². The molecule has 3 N–H and O–H groups in total. The van der Waals surface area contributed by atoms with E-state index < -0.39 is 5.60 Å². The lowest BCUT2D eigenvalue weighted by molar-refractivity contribution is -0.0247. The molecule has 5 unspecified atom stereocenters. The van der Waals surface area contributed by atoms with Gasteiger partial charge in [0.1, 0.15) is 0 Å². The molecule has 43 heavy (non-hydrogen) atoms. The van der Waals surface area contributed by atoms with Gasteiger partial charge < -0.3 is 20.3 Å². The van der Waals surface area contributed by atoms with Gasteiger partial charge in [-0.15, -0.1) is 0 Å². The second-order valence-corrected chi connectivity index (χ2v) is 13.1. The normalized spacial score (nSPS) is 25.8. The Morgan fingerprint density at radius 1 is 0.953 bits per heavy atom. The van der Waals surface area contributed by atoms with Crippen LogP contribution >= 0.6 is 11.6 Å². The van der Waals surface area contributed by atoms with Crippen LogP contribution in [0.2, 0.25) is 5.02 Å². The van der Waals surface area contributed by atoms with E-state index in [2.05, 4.69) is 10.6 Å². The number of carbonyl (C=O) groups excluding carboxylic acids is 2. The molecule has 3 fully saturated rings. The first-order valence-corrected chi connectivity index (χ1v) is 15.4. The molecule has 3 aliphatic carbocycles. The molecule has 7 rings (SSSR count). The van der Waals surface area contributed by atoms with E-state index in [9.17, 15) is 19.5 Å². The monoisotopic (exact) mass is 595 g/mol. The number of para-hydroxylation sites is 1. The van der Waals surface area contributed by atoms with Gasteiger partial charge in [0.2, 0.25) is 0 Å². The fourth-order valence-corrected chi connectivity index (χ4v) is 8.05. The molecular formula is C35H34ClN3O4.